The molecule has 0 aliphatic rings. The minimum absolute atomic E-state index is 0.344. The molecule has 5 nitrogen and oxygen atoms in total. The molecule has 1 aromatic carbocycles. The summed E-state index contributed by atoms with van der Waals surface area (Å²) < 4.78 is 10.3. The van der Waals surface area contributed by atoms with E-state index in [1.807, 2.05) is 0 Å². The van der Waals surface area contributed by atoms with Crippen molar-refractivity contribution in [2.75, 3.05) is 34.4 Å². The summed E-state index contributed by atoms with van der Waals surface area (Å²) in [5.74, 6) is 0.336. The van der Waals surface area contributed by atoms with Crippen molar-refractivity contribution in [1.29, 1.82) is 0 Å². The van der Waals surface area contributed by atoms with E-state index in [9.17, 15) is 9.90 Å². The molecular weight excluding hydrogens is 234 g/mol. The average Bonchev–Trinajstić information content (AvgIpc) is 2.38. The second-order valence-corrected chi connectivity index (χ2v) is 4.05. The summed E-state index contributed by atoms with van der Waals surface area (Å²) >= 11 is 0. The van der Waals surface area contributed by atoms with Crippen LogP contribution in [-0.2, 0) is 9.53 Å². The van der Waals surface area contributed by atoms with Crippen molar-refractivity contribution in [3.63, 3.8) is 0 Å². The first kappa shape index (κ1) is 14.5. The number of aliphatic hydroxyl groups is 1. The number of benzene rings is 1. The van der Waals surface area contributed by atoms with Crippen molar-refractivity contribution >= 4 is 5.91 Å². The molecule has 0 fully saturated rings. The summed E-state index contributed by atoms with van der Waals surface area (Å²) in [5, 5.41) is 9.81. The molecule has 0 saturated heterocycles. The number of aliphatic hydroxyl groups excluding tert-OH is 1. The van der Waals surface area contributed by atoms with Gasteiger partial charge < -0.3 is 19.5 Å². The Morgan fingerprint density at radius 3 is 2.39 bits per heavy atom. The molecule has 1 unspecified atom stereocenters. The Labute approximate surface area is 107 Å². The van der Waals surface area contributed by atoms with E-state index in [1.165, 1.54) is 4.90 Å². The first-order valence-electron chi connectivity index (χ1n) is 5.67. The summed E-state index contributed by atoms with van der Waals surface area (Å²) in [6, 6.07) is 6.79. The van der Waals surface area contributed by atoms with Crippen LogP contribution >= 0.6 is 0 Å². The van der Waals surface area contributed by atoms with E-state index in [1.54, 1.807) is 45.5 Å². The molecule has 1 N–H and O–H groups in total. The fraction of sp³-hybridized carbons (Fsp3) is 0.462. The number of carbonyl (C=O) groups is 1. The molecule has 0 bridgehead atoms. The van der Waals surface area contributed by atoms with Crippen molar-refractivity contribution in [1.82, 2.24) is 4.90 Å². The fourth-order valence-electron chi connectivity index (χ4n) is 1.38. The molecule has 1 atom stereocenters. The highest BCUT2D eigenvalue weighted by atomic mass is 16.5. The maximum Gasteiger partial charge on any atom is 0.255 e. The Morgan fingerprint density at radius 2 is 1.89 bits per heavy atom. The number of rotatable bonds is 6. The zero-order chi connectivity index (χ0) is 13.5. The average molecular weight is 253 g/mol. The van der Waals surface area contributed by atoms with Crippen LogP contribution in [0.3, 0.4) is 0 Å². The van der Waals surface area contributed by atoms with Crippen LogP contribution < -0.4 is 4.74 Å². The van der Waals surface area contributed by atoms with E-state index in [0.29, 0.717) is 24.5 Å². The fourth-order valence-corrected chi connectivity index (χ4v) is 1.38. The topological polar surface area (TPSA) is 59.0 Å². The van der Waals surface area contributed by atoms with Gasteiger partial charge in [-0.1, -0.05) is 12.1 Å². The molecule has 1 rings (SSSR count). The van der Waals surface area contributed by atoms with Gasteiger partial charge in [0.15, 0.2) is 6.10 Å². The number of hydrogen-bond donors (Lipinski definition) is 1. The van der Waals surface area contributed by atoms with Crippen LogP contribution in [-0.4, -0.2) is 50.3 Å². The lowest BCUT2D eigenvalue weighted by atomic mass is 10.1. The molecule has 100 valence electrons. The van der Waals surface area contributed by atoms with Gasteiger partial charge in [0.1, 0.15) is 12.4 Å². The van der Waals surface area contributed by atoms with Crippen LogP contribution in [0.1, 0.15) is 11.7 Å². The maximum atomic E-state index is 11.6. The second-order valence-electron chi connectivity index (χ2n) is 4.05. The number of methoxy groups -OCH3 is 1. The molecule has 18 heavy (non-hydrogen) atoms. The summed E-state index contributed by atoms with van der Waals surface area (Å²) in [7, 11) is 4.82. The predicted molar refractivity (Wildman–Crippen MR) is 67.5 cm³/mol. The minimum Gasteiger partial charge on any atom is -0.491 e. The summed E-state index contributed by atoms with van der Waals surface area (Å²) in [5.41, 5.74) is 0.549. The zero-order valence-electron chi connectivity index (χ0n) is 10.9. The molecule has 0 saturated carbocycles. The van der Waals surface area contributed by atoms with Gasteiger partial charge in [-0.3, -0.25) is 4.79 Å². The third-order valence-electron chi connectivity index (χ3n) is 2.43. The van der Waals surface area contributed by atoms with Gasteiger partial charge >= 0.3 is 0 Å². The van der Waals surface area contributed by atoms with Gasteiger partial charge in [-0.15, -0.1) is 0 Å². The molecule has 0 aromatic heterocycles. The van der Waals surface area contributed by atoms with Gasteiger partial charge in [-0.2, -0.15) is 0 Å². The van der Waals surface area contributed by atoms with Gasteiger partial charge in [0.05, 0.1) is 6.61 Å². The van der Waals surface area contributed by atoms with Crippen molar-refractivity contribution in [2.45, 2.75) is 6.10 Å². The van der Waals surface area contributed by atoms with E-state index in [-0.39, 0.29) is 5.91 Å². The molecule has 0 heterocycles. The molecule has 0 aliphatic carbocycles. The minimum atomic E-state index is -1.13. The lowest BCUT2D eigenvalue weighted by Gasteiger charge is -2.16. The van der Waals surface area contributed by atoms with Gasteiger partial charge in [0.25, 0.3) is 5.91 Å². The first-order valence-corrected chi connectivity index (χ1v) is 5.67. The highest BCUT2D eigenvalue weighted by molar-refractivity contribution is 5.81. The normalized spacial score (nSPS) is 12.0. The van der Waals surface area contributed by atoms with Crippen LogP contribution in [0.5, 0.6) is 5.75 Å². The predicted octanol–water partition coefficient (Wildman–Crippen LogP) is 0.833. The van der Waals surface area contributed by atoms with E-state index < -0.39 is 6.10 Å². The highest BCUT2D eigenvalue weighted by Crippen LogP contribution is 2.19. The summed E-state index contributed by atoms with van der Waals surface area (Å²) in [6.45, 7) is 0.985. The Hall–Kier alpha value is -1.59. The maximum absolute atomic E-state index is 11.6. The monoisotopic (exact) mass is 253 g/mol. The smallest absolute Gasteiger partial charge is 0.255 e. The lowest BCUT2D eigenvalue weighted by Crippen LogP contribution is -2.27. The number of amides is 1. The third-order valence-corrected chi connectivity index (χ3v) is 2.43. The Balaban J connectivity index is 2.62. The number of likely N-dealkylation sites (N-methyl/N-ethyl adjacent to an activating group) is 1. The van der Waals surface area contributed by atoms with E-state index in [0.717, 1.165) is 0 Å². The lowest BCUT2D eigenvalue weighted by molar-refractivity contribution is -0.137. The van der Waals surface area contributed by atoms with Crippen molar-refractivity contribution in [3.8, 4) is 5.75 Å². The third kappa shape index (κ3) is 4.01. The number of carbonyl (C=O) groups excluding carboxylic acids is 1. The van der Waals surface area contributed by atoms with Crippen molar-refractivity contribution in [2.24, 2.45) is 0 Å². The number of nitrogens with zero attached hydrogens (tertiary/aromatic N) is 1. The summed E-state index contributed by atoms with van der Waals surface area (Å²) in [6.07, 6.45) is -1.13. The first-order chi connectivity index (χ1) is 8.56. The van der Waals surface area contributed by atoms with E-state index in [2.05, 4.69) is 0 Å². The van der Waals surface area contributed by atoms with Crippen LogP contribution in [0, 0.1) is 0 Å². The molecular formula is C13H19NO4. The van der Waals surface area contributed by atoms with E-state index in [4.69, 9.17) is 9.47 Å². The van der Waals surface area contributed by atoms with Crippen LogP contribution in [0.2, 0.25) is 0 Å². The van der Waals surface area contributed by atoms with Gasteiger partial charge in [0.2, 0.25) is 0 Å². The largest absolute Gasteiger partial charge is 0.491 e. The highest BCUT2D eigenvalue weighted by Gasteiger charge is 2.18. The Kier molecular flexibility index (Phi) is 5.61. The van der Waals surface area contributed by atoms with Crippen molar-refractivity contribution in [3.05, 3.63) is 29.8 Å². The number of hydrogen-bond acceptors (Lipinski definition) is 4. The van der Waals surface area contributed by atoms with Crippen LogP contribution in [0.4, 0.5) is 0 Å². The Morgan fingerprint density at radius 1 is 1.28 bits per heavy atom. The molecule has 0 spiro atoms. The molecule has 1 amide bonds. The standard InChI is InChI=1S/C13H19NO4/c1-14(2)13(16)12(15)10-4-6-11(7-5-10)18-9-8-17-3/h4-7,12,15H,8-9H2,1-3H3. The molecule has 1 aromatic rings. The van der Waals surface area contributed by atoms with Crippen molar-refractivity contribution < 1.29 is 19.4 Å². The molecule has 5 heteroatoms. The summed E-state index contributed by atoms with van der Waals surface area (Å²) in [4.78, 5) is 12.9. The van der Waals surface area contributed by atoms with Gasteiger partial charge in [0, 0.05) is 21.2 Å². The Bertz CT molecular complexity index is 375. The van der Waals surface area contributed by atoms with E-state index >= 15 is 0 Å². The molecule has 0 radical (unpaired) electrons. The zero-order valence-corrected chi connectivity index (χ0v) is 10.9. The van der Waals surface area contributed by atoms with Gasteiger partial charge in [-0.05, 0) is 17.7 Å². The number of ether oxygens (including phenoxy) is 2. The van der Waals surface area contributed by atoms with Crippen LogP contribution in [0.25, 0.3) is 0 Å². The van der Waals surface area contributed by atoms with Gasteiger partial charge in [-0.25, -0.2) is 0 Å². The SMILES string of the molecule is COCCOc1ccc(C(O)C(=O)N(C)C)cc1. The molecule has 0 aliphatic heterocycles. The van der Waals surface area contributed by atoms with Crippen LogP contribution in [0.15, 0.2) is 24.3 Å². The second kappa shape index (κ2) is 6.98. The quantitative estimate of drug-likeness (QED) is 0.763.